The standard InChI is InChI=1S/C14H10F3N3O/c15-14(16,17)21-12-4-2-1-3-9(12)8-5-6-10-11(7-8)19-20-13(10)18/h1-7H,(H3,18,19,20). The summed E-state index contributed by atoms with van der Waals surface area (Å²) in [5.41, 5.74) is 7.22. The fraction of sp³-hybridized carbons (Fsp3) is 0.0714. The summed E-state index contributed by atoms with van der Waals surface area (Å²) in [4.78, 5) is 0. The first kappa shape index (κ1) is 13.3. The van der Waals surface area contributed by atoms with Gasteiger partial charge in [0.2, 0.25) is 0 Å². The lowest BCUT2D eigenvalue weighted by Gasteiger charge is -2.13. The molecule has 3 aromatic rings. The Labute approximate surface area is 117 Å². The molecule has 7 heteroatoms. The summed E-state index contributed by atoms with van der Waals surface area (Å²) in [6.07, 6.45) is -4.74. The molecule has 1 aromatic heterocycles. The number of alkyl halides is 3. The highest BCUT2D eigenvalue weighted by Crippen LogP contribution is 2.35. The van der Waals surface area contributed by atoms with Crippen LogP contribution in [0.4, 0.5) is 19.0 Å². The summed E-state index contributed by atoms with van der Waals surface area (Å²) >= 11 is 0. The molecule has 0 spiro atoms. The van der Waals surface area contributed by atoms with Crippen molar-refractivity contribution in [2.24, 2.45) is 0 Å². The molecular weight excluding hydrogens is 283 g/mol. The van der Waals surface area contributed by atoms with E-state index in [9.17, 15) is 13.2 Å². The zero-order chi connectivity index (χ0) is 15.0. The minimum atomic E-state index is -4.74. The number of aromatic nitrogens is 2. The van der Waals surface area contributed by atoms with Gasteiger partial charge in [-0.05, 0) is 23.8 Å². The molecule has 0 fully saturated rings. The van der Waals surface area contributed by atoms with Crippen molar-refractivity contribution in [1.82, 2.24) is 10.2 Å². The largest absolute Gasteiger partial charge is 0.573 e. The van der Waals surface area contributed by atoms with Crippen molar-refractivity contribution in [1.29, 1.82) is 0 Å². The first-order valence-electron chi connectivity index (χ1n) is 6.03. The first-order chi connectivity index (χ1) is 9.94. The molecule has 0 aliphatic heterocycles. The van der Waals surface area contributed by atoms with E-state index in [1.54, 1.807) is 30.3 Å². The maximum atomic E-state index is 12.4. The molecule has 108 valence electrons. The second-order valence-electron chi connectivity index (χ2n) is 4.41. The lowest BCUT2D eigenvalue weighted by molar-refractivity contribution is -0.274. The molecule has 0 aliphatic rings. The zero-order valence-electron chi connectivity index (χ0n) is 10.6. The molecule has 0 amide bonds. The molecule has 0 bridgehead atoms. The quantitative estimate of drug-likeness (QED) is 0.757. The number of nitrogen functional groups attached to an aromatic ring is 1. The van der Waals surface area contributed by atoms with Crippen LogP contribution in [-0.4, -0.2) is 16.6 Å². The Balaban J connectivity index is 2.09. The summed E-state index contributed by atoms with van der Waals surface area (Å²) in [5.74, 6) is 0.0909. The third-order valence-corrected chi connectivity index (χ3v) is 3.02. The van der Waals surface area contributed by atoms with Gasteiger partial charge in [-0.25, -0.2) is 0 Å². The molecule has 4 nitrogen and oxygen atoms in total. The number of ether oxygens (including phenoxy) is 1. The number of benzene rings is 2. The summed E-state index contributed by atoms with van der Waals surface area (Å²) < 4.78 is 41.4. The molecule has 0 aliphatic carbocycles. The molecule has 21 heavy (non-hydrogen) atoms. The van der Waals surface area contributed by atoms with Gasteiger partial charge in [0.15, 0.2) is 5.82 Å². The lowest BCUT2D eigenvalue weighted by atomic mass is 10.0. The number of hydrogen-bond acceptors (Lipinski definition) is 3. The number of aromatic amines is 1. The molecule has 0 unspecified atom stereocenters. The van der Waals surface area contributed by atoms with Gasteiger partial charge in [-0.3, -0.25) is 5.10 Å². The van der Waals surface area contributed by atoms with Crippen LogP contribution >= 0.6 is 0 Å². The number of fused-ring (bicyclic) bond motifs is 1. The van der Waals surface area contributed by atoms with Crippen LogP contribution in [0.25, 0.3) is 22.0 Å². The Morgan fingerprint density at radius 3 is 2.62 bits per heavy atom. The molecule has 3 N–H and O–H groups in total. The molecule has 1 heterocycles. The summed E-state index contributed by atoms with van der Waals surface area (Å²) in [5, 5.41) is 7.30. The van der Waals surface area contributed by atoms with Gasteiger partial charge in [-0.15, -0.1) is 13.2 Å². The van der Waals surface area contributed by atoms with Crippen LogP contribution in [0.2, 0.25) is 0 Å². The van der Waals surface area contributed by atoms with Gasteiger partial charge in [0.25, 0.3) is 0 Å². The van der Waals surface area contributed by atoms with Crippen molar-refractivity contribution < 1.29 is 17.9 Å². The van der Waals surface area contributed by atoms with E-state index in [-0.39, 0.29) is 5.75 Å². The van der Waals surface area contributed by atoms with E-state index < -0.39 is 6.36 Å². The van der Waals surface area contributed by atoms with Gasteiger partial charge >= 0.3 is 6.36 Å². The Morgan fingerprint density at radius 1 is 1.10 bits per heavy atom. The number of halogens is 3. The van der Waals surface area contributed by atoms with Crippen LogP contribution in [-0.2, 0) is 0 Å². The average molecular weight is 293 g/mol. The Morgan fingerprint density at radius 2 is 1.86 bits per heavy atom. The smallest absolute Gasteiger partial charge is 0.405 e. The van der Waals surface area contributed by atoms with Crippen molar-refractivity contribution in [3.05, 3.63) is 42.5 Å². The average Bonchev–Trinajstić information content (AvgIpc) is 2.79. The Hall–Kier alpha value is -2.70. The van der Waals surface area contributed by atoms with Crippen molar-refractivity contribution in [3.63, 3.8) is 0 Å². The maximum absolute atomic E-state index is 12.4. The molecule has 3 rings (SSSR count). The van der Waals surface area contributed by atoms with Gasteiger partial charge in [0.05, 0.1) is 5.52 Å². The minimum Gasteiger partial charge on any atom is -0.405 e. The van der Waals surface area contributed by atoms with E-state index in [4.69, 9.17) is 5.73 Å². The number of hydrogen-bond donors (Lipinski definition) is 2. The molecule has 2 aromatic carbocycles. The Kier molecular flexibility index (Phi) is 2.97. The van der Waals surface area contributed by atoms with Crippen LogP contribution in [0.3, 0.4) is 0 Å². The highest BCUT2D eigenvalue weighted by molar-refractivity contribution is 5.92. The number of nitrogens with one attached hydrogen (secondary N) is 1. The minimum absolute atomic E-state index is 0.253. The number of H-pyrrole nitrogens is 1. The highest BCUT2D eigenvalue weighted by Gasteiger charge is 2.32. The first-order valence-corrected chi connectivity index (χ1v) is 6.03. The van der Waals surface area contributed by atoms with Crippen molar-refractivity contribution in [2.45, 2.75) is 6.36 Å². The molecule has 0 atom stereocenters. The van der Waals surface area contributed by atoms with Gasteiger partial charge in [-0.1, -0.05) is 24.3 Å². The van der Waals surface area contributed by atoms with Gasteiger partial charge in [0, 0.05) is 10.9 Å². The summed E-state index contributed by atoms with van der Waals surface area (Å²) in [6.45, 7) is 0. The topological polar surface area (TPSA) is 63.9 Å². The van der Waals surface area contributed by atoms with Gasteiger partial charge < -0.3 is 10.5 Å². The van der Waals surface area contributed by atoms with E-state index in [0.29, 0.717) is 27.8 Å². The predicted molar refractivity (Wildman–Crippen MR) is 72.6 cm³/mol. The molecule has 0 saturated heterocycles. The summed E-state index contributed by atoms with van der Waals surface area (Å²) in [7, 11) is 0. The second kappa shape index (κ2) is 4.69. The molecule has 0 radical (unpaired) electrons. The number of nitrogens with two attached hydrogens (primary N) is 1. The summed E-state index contributed by atoms with van der Waals surface area (Å²) in [6, 6.07) is 11.0. The van der Waals surface area contributed by atoms with Crippen LogP contribution in [0.5, 0.6) is 5.75 Å². The number of nitrogens with zero attached hydrogens (tertiary/aromatic N) is 1. The van der Waals surface area contributed by atoms with Crippen LogP contribution in [0.1, 0.15) is 0 Å². The lowest BCUT2D eigenvalue weighted by Crippen LogP contribution is -2.17. The third-order valence-electron chi connectivity index (χ3n) is 3.02. The van der Waals surface area contributed by atoms with Crippen LogP contribution in [0, 0.1) is 0 Å². The monoisotopic (exact) mass is 293 g/mol. The van der Waals surface area contributed by atoms with Crippen LogP contribution in [0.15, 0.2) is 42.5 Å². The Bertz CT molecular complexity index is 796. The number of para-hydroxylation sites is 1. The SMILES string of the molecule is Nc1n[nH]c2cc(-c3ccccc3OC(F)(F)F)ccc12. The van der Waals surface area contributed by atoms with E-state index in [1.807, 2.05) is 0 Å². The van der Waals surface area contributed by atoms with Crippen molar-refractivity contribution in [2.75, 3.05) is 5.73 Å². The fourth-order valence-electron chi connectivity index (χ4n) is 2.13. The van der Waals surface area contributed by atoms with Crippen LogP contribution < -0.4 is 10.5 Å². The van der Waals surface area contributed by atoms with Gasteiger partial charge in [-0.2, -0.15) is 5.10 Å². The second-order valence-corrected chi connectivity index (χ2v) is 4.41. The van der Waals surface area contributed by atoms with Crippen molar-refractivity contribution in [3.8, 4) is 16.9 Å². The van der Waals surface area contributed by atoms with E-state index in [0.717, 1.165) is 0 Å². The highest BCUT2D eigenvalue weighted by atomic mass is 19.4. The van der Waals surface area contributed by atoms with E-state index in [1.165, 1.54) is 12.1 Å². The van der Waals surface area contributed by atoms with E-state index in [2.05, 4.69) is 14.9 Å². The van der Waals surface area contributed by atoms with E-state index >= 15 is 0 Å². The predicted octanol–water partition coefficient (Wildman–Crippen LogP) is 3.71. The van der Waals surface area contributed by atoms with Gasteiger partial charge in [0.1, 0.15) is 5.75 Å². The molecule has 0 saturated carbocycles. The zero-order valence-corrected chi connectivity index (χ0v) is 10.6. The fourth-order valence-corrected chi connectivity index (χ4v) is 2.13. The molecular formula is C14H10F3N3O. The normalized spacial score (nSPS) is 11.8. The third kappa shape index (κ3) is 2.62. The number of anilines is 1. The maximum Gasteiger partial charge on any atom is 0.573 e. The van der Waals surface area contributed by atoms with Crippen molar-refractivity contribution >= 4 is 16.7 Å². The number of rotatable bonds is 2.